The standard InChI is InChI=1S/C17H26N5O3.2ClH/c1-19(2)16(23)10-21-13-7-6-12(25-5)8-14(13)22(15(21)9-18)11-17(24)20(3)4;;/h6-8H,9-11,18H2,1-5H3;2*1H/q+1;;/p-1. The molecule has 2 aromatic rings. The maximum Gasteiger partial charge on any atom is 0.272 e. The topological polar surface area (TPSA) is 84.7 Å². The summed E-state index contributed by atoms with van der Waals surface area (Å²) in [5.41, 5.74) is 7.61. The van der Waals surface area contributed by atoms with Crippen molar-refractivity contribution >= 4 is 35.3 Å². The molecule has 1 heterocycles. The highest BCUT2D eigenvalue weighted by atomic mass is 35.5. The monoisotopic (exact) mass is 419 g/mol. The van der Waals surface area contributed by atoms with Gasteiger partial charge in [-0.3, -0.25) is 9.59 Å². The third kappa shape index (κ3) is 5.24. The number of nitrogens with two attached hydrogens (primary N) is 1. The molecule has 2 N–H and O–H groups in total. The van der Waals surface area contributed by atoms with Crippen LogP contribution in [0, 0.1) is 0 Å². The molecule has 0 bridgehead atoms. The third-order valence-electron chi connectivity index (χ3n) is 4.15. The van der Waals surface area contributed by atoms with E-state index in [2.05, 4.69) is 0 Å². The van der Waals surface area contributed by atoms with Gasteiger partial charge >= 0.3 is 0 Å². The molecule has 0 aliphatic heterocycles. The Kier molecular flexibility index (Phi) is 9.56. The molecule has 10 heteroatoms. The maximum absolute atomic E-state index is 12.3. The predicted molar refractivity (Wildman–Crippen MR) is 101 cm³/mol. The minimum Gasteiger partial charge on any atom is -1.00 e. The highest BCUT2D eigenvalue weighted by Gasteiger charge is 2.28. The summed E-state index contributed by atoms with van der Waals surface area (Å²) in [5.74, 6) is 1.29. The number of aromatic nitrogens is 2. The fourth-order valence-corrected chi connectivity index (χ4v) is 2.63. The molecule has 2 rings (SSSR count). The zero-order chi connectivity index (χ0) is 18.7. The van der Waals surface area contributed by atoms with E-state index in [0.717, 1.165) is 11.0 Å². The van der Waals surface area contributed by atoms with E-state index in [9.17, 15) is 9.59 Å². The lowest BCUT2D eigenvalue weighted by Crippen LogP contribution is -3.00. The molecule has 2 amide bonds. The Morgan fingerprint density at radius 2 is 1.74 bits per heavy atom. The van der Waals surface area contributed by atoms with Gasteiger partial charge in [-0.15, -0.1) is 12.4 Å². The molecule has 27 heavy (non-hydrogen) atoms. The number of nitrogens with zero attached hydrogens (tertiary/aromatic N) is 4. The lowest BCUT2D eigenvalue weighted by Gasteiger charge is -2.10. The van der Waals surface area contributed by atoms with E-state index >= 15 is 0 Å². The molecule has 0 spiro atoms. The molecule has 0 atom stereocenters. The summed E-state index contributed by atoms with van der Waals surface area (Å²) in [4.78, 5) is 27.6. The minimum atomic E-state index is -0.0551. The largest absolute Gasteiger partial charge is 1.00 e. The predicted octanol–water partition coefficient (Wildman–Crippen LogP) is -3.00. The van der Waals surface area contributed by atoms with Gasteiger partial charge in [0.15, 0.2) is 24.1 Å². The van der Waals surface area contributed by atoms with Crippen molar-refractivity contribution in [3.8, 4) is 5.75 Å². The van der Waals surface area contributed by atoms with Gasteiger partial charge in [0.2, 0.25) is 0 Å². The summed E-state index contributed by atoms with van der Waals surface area (Å²) in [6.45, 7) is 0.510. The fraction of sp³-hybridized carbons (Fsp3) is 0.471. The highest BCUT2D eigenvalue weighted by molar-refractivity contribution is 5.85. The summed E-state index contributed by atoms with van der Waals surface area (Å²) in [5, 5.41) is 0. The van der Waals surface area contributed by atoms with Crippen LogP contribution in [-0.2, 0) is 29.2 Å². The van der Waals surface area contributed by atoms with Gasteiger partial charge in [0.05, 0.1) is 13.7 Å². The number of imidazole rings is 1. The molecule has 0 aliphatic rings. The van der Waals surface area contributed by atoms with E-state index in [-0.39, 0.29) is 56.3 Å². The van der Waals surface area contributed by atoms with Gasteiger partial charge in [-0.25, -0.2) is 9.13 Å². The van der Waals surface area contributed by atoms with Crippen LogP contribution >= 0.6 is 12.4 Å². The quantitative estimate of drug-likeness (QED) is 0.505. The summed E-state index contributed by atoms with van der Waals surface area (Å²) in [6.07, 6.45) is 0. The molecule has 1 aromatic heterocycles. The average molecular weight is 420 g/mol. The van der Waals surface area contributed by atoms with Crippen molar-refractivity contribution in [3.05, 3.63) is 24.0 Å². The van der Waals surface area contributed by atoms with Crippen molar-refractivity contribution in [3.63, 3.8) is 0 Å². The number of ether oxygens (including phenoxy) is 1. The van der Waals surface area contributed by atoms with Crippen LogP contribution in [0.25, 0.3) is 11.0 Å². The molecule has 0 unspecified atom stereocenters. The average Bonchev–Trinajstić information content (AvgIpc) is 2.86. The minimum absolute atomic E-state index is 0. The maximum atomic E-state index is 12.3. The number of halogens is 2. The summed E-state index contributed by atoms with van der Waals surface area (Å²) >= 11 is 0. The summed E-state index contributed by atoms with van der Waals surface area (Å²) < 4.78 is 9.02. The van der Waals surface area contributed by atoms with Crippen molar-refractivity contribution in [1.29, 1.82) is 0 Å². The van der Waals surface area contributed by atoms with E-state index in [1.165, 1.54) is 9.80 Å². The normalized spacial score (nSPS) is 10.0. The van der Waals surface area contributed by atoms with Crippen molar-refractivity contribution in [2.45, 2.75) is 19.6 Å². The van der Waals surface area contributed by atoms with Crippen molar-refractivity contribution in [2.75, 3.05) is 35.3 Å². The lowest BCUT2D eigenvalue weighted by molar-refractivity contribution is -0.667. The number of methoxy groups -OCH3 is 1. The van der Waals surface area contributed by atoms with E-state index in [4.69, 9.17) is 10.5 Å². The molecular weight excluding hydrogens is 393 g/mol. The van der Waals surface area contributed by atoms with Gasteiger partial charge in [-0.1, -0.05) is 0 Å². The van der Waals surface area contributed by atoms with E-state index in [1.807, 2.05) is 27.3 Å². The first-order valence-corrected chi connectivity index (χ1v) is 7.99. The number of carbonyl (C=O) groups is 2. The number of amides is 2. The van der Waals surface area contributed by atoms with E-state index in [0.29, 0.717) is 11.6 Å². The van der Waals surface area contributed by atoms with Gasteiger partial charge in [-0.2, -0.15) is 0 Å². The smallest absolute Gasteiger partial charge is 0.272 e. The highest BCUT2D eigenvalue weighted by Crippen LogP contribution is 2.21. The van der Waals surface area contributed by atoms with Gasteiger partial charge < -0.3 is 32.7 Å². The Bertz CT molecular complexity index is 805. The molecule has 152 valence electrons. The van der Waals surface area contributed by atoms with Crippen molar-refractivity contribution in [1.82, 2.24) is 14.4 Å². The van der Waals surface area contributed by atoms with Crippen LogP contribution in [0.1, 0.15) is 5.82 Å². The first-order chi connectivity index (χ1) is 11.8. The van der Waals surface area contributed by atoms with Crippen LogP contribution in [0.5, 0.6) is 5.75 Å². The number of carbonyl (C=O) groups excluding carboxylic acids is 2. The molecule has 0 saturated carbocycles. The number of hydrogen-bond acceptors (Lipinski definition) is 4. The van der Waals surface area contributed by atoms with Gasteiger partial charge in [-0.05, 0) is 12.1 Å². The Labute approximate surface area is 171 Å². The van der Waals surface area contributed by atoms with Crippen LogP contribution in [0.2, 0.25) is 0 Å². The number of benzene rings is 1. The molecule has 1 aromatic carbocycles. The first kappa shape index (κ1) is 25.0. The first-order valence-electron chi connectivity index (χ1n) is 7.99. The zero-order valence-corrected chi connectivity index (χ0v) is 17.8. The van der Waals surface area contributed by atoms with Gasteiger partial charge in [0.1, 0.15) is 5.75 Å². The molecule has 0 fully saturated rings. The molecule has 0 saturated heterocycles. The Hall–Kier alpha value is -2.03. The second-order valence-corrected chi connectivity index (χ2v) is 6.22. The fourth-order valence-electron chi connectivity index (χ4n) is 2.63. The van der Waals surface area contributed by atoms with E-state index < -0.39 is 0 Å². The van der Waals surface area contributed by atoms with Gasteiger partial charge in [0, 0.05) is 34.3 Å². The zero-order valence-electron chi connectivity index (χ0n) is 16.2. The van der Waals surface area contributed by atoms with Crippen molar-refractivity contribution in [2.24, 2.45) is 5.73 Å². The van der Waals surface area contributed by atoms with Crippen LogP contribution in [-0.4, -0.2) is 61.5 Å². The number of fused-ring (bicyclic) bond motifs is 1. The Morgan fingerprint density at radius 1 is 1.15 bits per heavy atom. The van der Waals surface area contributed by atoms with E-state index in [1.54, 1.807) is 35.3 Å². The van der Waals surface area contributed by atoms with Crippen molar-refractivity contribution < 1.29 is 31.3 Å². The van der Waals surface area contributed by atoms with Crippen LogP contribution in [0.3, 0.4) is 0 Å². The molecule has 8 nitrogen and oxygen atoms in total. The molecule has 0 radical (unpaired) electrons. The third-order valence-corrected chi connectivity index (χ3v) is 4.15. The number of hydrogen-bond donors (Lipinski definition) is 1. The summed E-state index contributed by atoms with van der Waals surface area (Å²) in [7, 11) is 8.43. The SMILES string of the molecule is COc1ccc2c(c1)n(CC(=O)N(C)C)c(CN)[n+]2CC(=O)N(C)C.Cl.[Cl-]. The number of likely N-dealkylation sites (N-methyl/N-ethyl adjacent to an activating group) is 2. The number of rotatable bonds is 6. The van der Waals surface area contributed by atoms with Crippen LogP contribution in [0.4, 0.5) is 0 Å². The second-order valence-electron chi connectivity index (χ2n) is 6.22. The molecule has 0 aliphatic carbocycles. The van der Waals surface area contributed by atoms with Crippen LogP contribution in [0.15, 0.2) is 18.2 Å². The van der Waals surface area contributed by atoms with Gasteiger partial charge in [0.25, 0.3) is 17.6 Å². The van der Waals surface area contributed by atoms with Crippen LogP contribution < -0.4 is 27.4 Å². The molecular formula is C17H27Cl2N5O3. The lowest BCUT2D eigenvalue weighted by atomic mass is 10.3. The Balaban J connectivity index is 0.00000338. The summed E-state index contributed by atoms with van der Waals surface area (Å²) in [6, 6.07) is 5.57. The second kappa shape index (κ2) is 10.3. The Morgan fingerprint density at radius 3 is 2.22 bits per heavy atom.